The molecule has 56 valence electrons. The van der Waals surface area contributed by atoms with Gasteiger partial charge in [-0.3, -0.25) is 0 Å². The van der Waals surface area contributed by atoms with Gasteiger partial charge >= 0.3 is 0 Å². The van der Waals surface area contributed by atoms with Crippen LogP contribution in [0.5, 0.6) is 0 Å². The zero-order valence-electron chi connectivity index (χ0n) is 5.24. The standard InChI is InChI=1S/C7H2F3N/c1-11-4-2-5(8)7(10)6(9)3-4/h2-3H. The molecule has 0 saturated heterocycles. The molecule has 0 N–H and O–H groups in total. The SMILES string of the molecule is [C-]#[N+]c1cc(F)c(F)c(F)c1. The lowest BCUT2D eigenvalue weighted by atomic mass is 10.3. The van der Waals surface area contributed by atoms with Crippen LogP contribution in [0.3, 0.4) is 0 Å². The van der Waals surface area contributed by atoms with Crippen LogP contribution < -0.4 is 0 Å². The summed E-state index contributed by atoms with van der Waals surface area (Å²) >= 11 is 0. The average Bonchev–Trinajstić information content (AvgIpc) is 1.99. The molecule has 0 amide bonds. The van der Waals surface area contributed by atoms with Gasteiger partial charge < -0.3 is 0 Å². The van der Waals surface area contributed by atoms with E-state index in [0.717, 1.165) is 0 Å². The molecule has 0 fully saturated rings. The van der Waals surface area contributed by atoms with Crippen molar-refractivity contribution in [2.75, 3.05) is 0 Å². The Labute approximate surface area is 60.9 Å². The monoisotopic (exact) mass is 157 g/mol. The first-order valence-electron chi connectivity index (χ1n) is 2.67. The van der Waals surface area contributed by atoms with E-state index < -0.39 is 17.5 Å². The van der Waals surface area contributed by atoms with Gasteiger partial charge in [-0.25, -0.2) is 18.0 Å². The highest BCUT2D eigenvalue weighted by Gasteiger charge is 2.09. The van der Waals surface area contributed by atoms with Gasteiger partial charge in [-0.1, -0.05) is 0 Å². The highest BCUT2D eigenvalue weighted by atomic mass is 19.2. The minimum Gasteiger partial charge on any atom is -0.238 e. The quantitative estimate of drug-likeness (QED) is 0.402. The summed E-state index contributed by atoms with van der Waals surface area (Å²) in [5.74, 6) is -4.22. The van der Waals surface area contributed by atoms with Crippen molar-refractivity contribution < 1.29 is 13.2 Å². The molecule has 1 aromatic carbocycles. The summed E-state index contributed by atoms with van der Waals surface area (Å²) in [6.07, 6.45) is 0. The van der Waals surface area contributed by atoms with Crippen LogP contribution in [0.1, 0.15) is 0 Å². The van der Waals surface area contributed by atoms with E-state index in [2.05, 4.69) is 4.85 Å². The predicted octanol–water partition coefficient (Wildman–Crippen LogP) is 2.65. The smallest absolute Gasteiger partial charge is 0.193 e. The third-order valence-corrected chi connectivity index (χ3v) is 1.10. The zero-order valence-corrected chi connectivity index (χ0v) is 5.24. The number of benzene rings is 1. The third kappa shape index (κ3) is 1.32. The van der Waals surface area contributed by atoms with Crippen molar-refractivity contribution in [1.82, 2.24) is 0 Å². The molecule has 0 aliphatic rings. The van der Waals surface area contributed by atoms with E-state index in [0.29, 0.717) is 12.1 Å². The molecule has 0 aliphatic carbocycles. The van der Waals surface area contributed by atoms with Gasteiger partial charge in [-0.2, -0.15) is 0 Å². The number of rotatable bonds is 0. The van der Waals surface area contributed by atoms with Gasteiger partial charge in [-0.05, 0) is 12.1 Å². The summed E-state index contributed by atoms with van der Waals surface area (Å²) in [7, 11) is 0. The normalized spacial score (nSPS) is 9.27. The highest BCUT2D eigenvalue weighted by molar-refractivity contribution is 5.44. The van der Waals surface area contributed by atoms with Crippen molar-refractivity contribution in [1.29, 1.82) is 0 Å². The average molecular weight is 157 g/mol. The summed E-state index contributed by atoms with van der Waals surface area (Å²) in [5, 5.41) is 0. The molecule has 1 aromatic rings. The molecule has 0 radical (unpaired) electrons. The molecule has 11 heavy (non-hydrogen) atoms. The molecule has 0 unspecified atom stereocenters. The first-order valence-corrected chi connectivity index (χ1v) is 2.67. The van der Waals surface area contributed by atoms with Gasteiger partial charge in [0.1, 0.15) is 0 Å². The van der Waals surface area contributed by atoms with Crippen molar-refractivity contribution in [3.63, 3.8) is 0 Å². The lowest BCUT2D eigenvalue weighted by molar-refractivity contribution is 0.448. The highest BCUT2D eigenvalue weighted by Crippen LogP contribution is 2.19. The lowest BCUT2D eigenvalue weighted by Gasteiger charge is -1.94. The van der Waals surface area contributed by atoms with Crippen LogP contribution >= 0.6 is 0 Å². The molecule has 0 spiro atoms. The van der Waals surface area contributed by atoms with Crippen molar-refractivity contribution >= 4 is 5.69 Å². The van der Waals surface area contributed by atoms with Crippen LogP contribution in [0.2, 0.25) is 0 Å². The molecule has 4 heteroatoms. The Morgan fingerprint density at radius 1 is 1.09 bits per heavy atom. The second-order valence-corrected chi connectivity index (χ2v) is 1.84. The summed E-state index contributed by atoms with van der Waals surface area (Å²) in [6, 6.07) is 1.29. The fraction of sp³-hybridized carbons (Fsp3) is 0. The van der Waals surface area contributed by atoms with Gasteiger partial charge in [0, 0.05) is 0 Å². The minimum absolute atomic E-state index is 0.249. The Kier molecular flexibility index (Phi) is 1.81. The predicted molar refractivity (Wildman–Crippen MR) is 32.6 cm³/mol. The van der Waals surface area contributed by atoms with E-state index in [4.69, 9.17) is 6.57 Å². The van der Waals surface area contributed by atoms with Crippen LogP contribution in [-0.2, 0) is 0 Å². The van der Waals surface area contributed by atoms with Crippen LogP contribution in [0.25, 0.3) is 4.85 Å². The molecule has 1 nitrogen and oxygen atoms in total. The molecule has 0 aliphatic heterocycles. The molecule has 0 bridgehead atoms. The minimum atomic E-state index is -1.54. The first-order chi connectivity index (χ1) is 5.15. The van der Waals surface area contributed by atoms with Gasteiger partial charge in [0.05, 0.1) is 6.57 Å². The van der Waals surface area contributed by atoms with Crippen molar-refractivity contribution in [2.45, 2.75) is 0 Å². The van der Waals surface area contributed by atoms with Crippen LogP contribution in [0.15, 0.2) is 12.1 Å². The second kappa shape index (κ2) is 2.62. The van der Waals surface area contributed by atoms with E-state index in [1.165, 1.54) is 0 Å². The van der Waals surface area contributed by atoms with Gasteiger partial charge in [-0.15, -0.1) is 0 Å². The topological polar surface area (TPSA) is 4.36 Å². The summed E-state index contributed by atoms with van der Waals surface area (Å²) in [4.78, 5) is 2.74. The maximum absolute atomic E-state index is 12.3. The molecular formula is C7H2F3N. The van der Waals surface area contributed by atoms with E-state index in [9.17, 15) is 13.2 Å². The molecule has 1 rings (SSSR count). The largest absolute Gasteiger partial charge is 0.238 e. The van der Waals surface area contributed by atoms with Gasteiger partial charge in [0.15, 0.2) is 23.1 Å². The van der Waals surface area contributed by atoms with Crippen LogP contribution in [-0.4, -0.2) is 0 Å². The fourth-order valence-corrected chi connectivity index (χ4v) is 0.607. The summed E-state index contributed by atoms with van der Waals surface area (Å²) in [5.41, 5.74) is -0.249. The first kappa shape index (κ1) is 7.61. The molecule has 0 heterocycles. The summed E-state index contributed by atoms with van der Waals surface area (Å²) in [6.45, 7) is 6.38. The number of hydrogen-bond donors (Lipinski definition) is 0. The second-order valence-electron chi connectivity index (χ2n) is 1.84. The van der Waals surface area contributed by atoms with E-state index in [-0.39, 0.29) is 5.69 Å². The third-order valence-electron chi connectivity index (χ3n) is 1.10. The fourth-order valence-electron chi connectivity index (χ4n) is 0.607. The van der Waals surface area contributed by atoms with E-state index in [1.807, 2.05) is 0 Å². The Morgan fingerprint density at radius 3 is 1.91 bits per heavy atom. The van der Waals surface area contributed by atoms with Crippen molar-refractivity contribution in [3.05, 3.63) is 41.0 Å². The van der Waals surface area contributed by atoms with Crippen molar-refractivity contribution in [3.8, 4) is 0 Å². The lowest BCUT2D eigenvalue weighted by Crippen LogP contribution is -1.87. The van der Waals surface area contributed by atoms with Gasteiger partial charge in [0.25, 0.3) is 0 Å². The number of hydrogen-bond acceptors (Lipinski definition) is 0. The van der Waals surface area contributed by atoms with E-state index in [1.54, 1.807) is 0 Å². The maximum Gasteiger partial charge on any atom is 0.193 e. The molecule has 0 atom stereocenters. The molecule has 0 aromatic heterocycles. The number of nitrogens with zero attached hydrogens (tertiary/aromatic N) is 1. The Morgan fingerprint density at radius 2 is 1.55 bits per heavy atom. The van der Waals surface area contributed by atoms with Crippen LogP contribution in [0.4, 0.5) is 18.9 Å². The van der Waals surface area contributed by atoms with Crippen LogP contribution in [0, 0.1) is 24.0 Å². The Bertz CT molecular complexity index is 304. The summed E-state index contributed by atoms with van der Waals surface area (Å²) < 4.78 is 36.7. The molecular weight excluding hydrogens is 155 g/mol. The Balaban J connectivity index is 3.35. The zero-order chi connectivity index (χ0) is 8.43. The maximum atomic E-state index is 12.3. The molecule has 0 saturated carbocycles. The van der Waals surface area contributed by atoms with Crippen molar-refractivity contribution in [2.24, 2.45) is 0 Å². The van der Waals surface area contributed by atoms with Gasteiger partial charge in [0.2, 0.25) is 0 Å². The van der Waals surface area contributed by atoms with E-state index >= 15 is 0 Å². The Hall–Kier alpha value is -1.50. The number of halogens is 3.